The molecule has 1 aromatic heterocycles. The van der Waals surface area contributed by atoms with Crippen molar-refractivity contribution in [1.29, 1.82) is 0 Å². The zero-order valence-corrected chi connectivity index (χ0v) is 9.53. The van der Waals surface area contributed by atoms with Crippen LogP contribution in [0.5, 0.6) is 0 Å². The van der Waals surface area contributed by atoms with Crippen LogP contribution in [0.1, 0.15) is 17.4 Å². The summed E-state index contributed by atoms with van der Waals surface area (Å²) >= 11 is 0. The number of aromatic nitrogens is 1. The highest BCUT2D eigenvalue weighted by molar-refractivity contribution is 5.17. The quantitative estimate of drug-likeness (QED) is 0.837. The van der Waals surface area contributed by atoms with Crippen LogP contribution in [0, 0.1) is 0 Å². The number of aliphatic hydroxyl groups excluding tert-OH is 1. The fourth-order valence-corrected chi connectivity index (χ4v) is 1.77. The number of hydrogen-bond donors (Lipinski definition) is 2. The van der Waals surface area contributed by atoms with Crippen LogP contribution in [0.4, 0.5) is 0 Å². The molecule has 2 rings (SSSR count). The molecule has 88 valence electrons. The minimum Gasteiger partial charge on any atom is -0.385 e. The number of nitrogens with two attached hydrogens (primary N) is 1. The molecule has 0 radical (unpaired) electrons. The van der Waals surface area contributed by atoms with E-state index in [1.54, 1.807) is 12.3 Å². The van der Waals surface area contributed by atoms with Gasteiger partial charge in [-0.05, 0) is 24.1 Å². The Morgan fingerprint density at radius 3 is 2.41 bits per heavy atom. The van der Waals surface area contributed by atoms with E-state index in [0.29, 0.717) is 12.1 Å². The number of benzene rings is 1. The maximum atomic E-state index is 10.1. The molecule has 3 N–H and O–H groups in total. The van der Waals surface area contributed by atoms with E-state index in [1.165, 1.54) is 0 Å². The molecule has 1 heterocycles. The van der Waals surface area contributed by atoms with Crippen LogP contribution in [0.2, 0.25) is 0 Å². The monoisotopic (exact) mass is 228 g/mol. The lowest BCUT2D eigenvalue weighted by Gasteiger charge is -2.18. The molecule has 0 aliphatic heterocycles. The lowest BCUT2D eigenvalue weighted by Crippen LogP contribution is -2.31. The summed E-state index contributed by atoms with van der Waals surface area (Å²) in [5.41, 5.74) is 7.73. The van der Waals surface area contributed by atoms with Gasteiger partial charge >= 0.3 is 0 Å². The van der Waals surface area contributed by atoms with E-state index in [4.69, 9.17) is 5.73 Å². The summed E-state index contributed by atoms with van der Waals surface area (Å²) in [5.74, 6) is 0. The first-order valence-electron chi connectivity index (χ1n) is 5.66. The summed E-state index contributed by atoms with van der Waals surface area (Å²) in [6, 6.07) is 15.0. The van der Waals surface area contributed by atoms with E-state index in [-0.39, 0.29) is 6.04 Å². The molecule has 0 saturated heterocycles. The van der Waals surface area contributed by atoms with Crippen molar-refractivity contribution in [2.45, 2.75) is 18.6 Å². The van der Waals surface area contributed by atoms with Crippen LogP contribution in [0.25, 0.3) is 0 Å². The number of hydrogen-bond acceptors (Lipinski definition) is 3. The van der Waals surface area contributed by atoms with Crippen LogP contribution in [0.3, 0.4) is 0 Å². The number of nitrogens with zero attached hydrogens (tertiary/aromatic N) is 1. The summed E-state index contributed by atoms with van der Waals surface area (Å²) in [4.78, 5) is 4.11. The molecule has 0 spiro atoms. The van der Waals surface area contributed by atoms with E-state index >= 15 is 0 Å². The topological polar surface area (TPSA) is 59.1 Å². The second-order valence-corrected chi connectivity index (χ2v) is 4.05. The maximum absolute atomic E-state index is 10.1. The summed E-state index contributed by atoms with van der Waals surface area (Å²) < 4.78 is 0. The van der Waals surface area contributed by atoms with Crippen LogP contribution >= 0.6 is 0 Å². The van der Waals surface area contributed by atoms with Crippen molar-refractivity contribution in [3.8, 4) is 0 Å². The van der Waals surface area contributed by atoms with Gasteiger partial charge in [-0.1, -0.05) is 36.4 Å². The van der Waals surface area contributed by atoms with Gasteiger partial charge in [-0.2, -0.15) is 0 Å². The second-order valence-electron chi connectivity index (χ2n) is 4.05. The van der Waals surface area contributed by atoms with Gasteiger partial charge in [-0.15, -0.1) is 0 Å². The Kier molecular flexibility index (Phi) is 3.85. The molecule has 0 aliphatic rings. The fourth-order valence-electron chi connectivity index (χ4n) is 1.77. The Hall–Kier alpha value is -1.71. The molecule has 3 nitrogen and oxygen atoms in total. The van der Waals surface area contributed by atoms with Gasteiger partial charge in [-0.25, -0.2) is 0 Å². The third-order valence-electron chi connectivity index (χ3n) is 2.71. The second kappa shape index (κ2) is 5.57. The van der Waals surface area contributed by atoms with E-state index in [9.17, 15) is 5.11 Å². The summed E-state index contributed by atoms with van der Waals surface area (Å²) in [7, 11) is 0. The van der Waals surface area contributed by atoms with Gasteiger partial charge in [0.25, 0.3) is 0 Å². The van der Waals surface area contributed by atoms with Crippen LogP contribution < -0.4 is 5.73 Å². The largest absolute Gasteiger partial charge is 0.385 e. The van der Waals surface area contributed by atoms with Crippen molar-refractivity contribution < 1.29 is 5.11 Å². The average molecular weight is 228 g/mol. The lowest BCUT2D eigenvalue weighted by atomic mass is 10.00. The van der Waals surface area contributed by atoms with Gasteiger partial charge < -0.3 is 10.8 Å². The molecule has 2 atom stereocenters. The lowest BCUT2D eigenvalue weighted by molar-refractivity contribution is 0.141. The summed E-state index contributed by atoms with van der Waals surface area (Å²) in [6.45, 7) is 0. The molecule has 0 fully saturated rings. The number of aliphatic hydroxyl groups is 1. The molecule has 0 aliphatic carbocycles. The number of pyridine rings is 1. The predicted octanol–water partition coefficient (Wildman–Crippen LogP) is 1.69. The Morgan fingerprint density at radius 2 is 1.76 bits per heavy atom. The predicted molar refractivity (Wildman–Crippen MR) is 67.3 cm³/mol. The molecule has 17 heavy (non-hydrogen) atoms. The van der Waals surface area contributed by atoms with Crippen molar-refractivity contribution in [3.63, 3.8) is 0 Å². The fraction of sp³-hybridized carbons (Fsp3) is 0.214. The molecule has 0 amide bonds. The highest BCUT2D eigenvalue weighted by Gasteiger charge is 2.17. The third kappa shape index (κ3) is 3.12. The molecule has 0 bridgehead atoms. The first kappa shape index (κ1) is 11.8. The van der Waals surface area contributed by atoms with Crippen molar-refractivity contribution >= 4 is 0 Å². The smallest absolute Gasteiger partial charge is 0.111 e. The van der Waals surface area contributed by atoms with Gasteiger partial charge in [0.15, 0.2) is 0 Å². The van der Waals surface area contributed by atoms with Crippen LogP contribution in [0.15, 0.2) is 54.7 Å². The average Bonchev–Trinajstić information content (AvgIpc) is 2.40. The van der Waals surface area contributed by atoms with E-state index < -0.39 is 6.10 Å². The Bertz CT molecular complexity index is 444. The van der Waals surface area contributed by atoms with Gasteiger partial charge in [-0.3, -0.25) is 4.98 Å². The highest BCUT2D eigenvalue weighted by Crippen LogP contribution is 2.15. The molecule has 0 saturated carbocycles. The van der Waals surface area contributed by atoms with E-state index in [1.807, 2.05) is 42.5 Å². The summed E-state index contributed by atoms with van der Waals surface area (Å²) in [6.07, 6.45) is 1.57. The normalized spacial score (nSPS) is 14.2. The zero-order chi connectivity index (χ0) is 12.1. The maximum Gasteiger partial charge on any atom is 0.111 e. The van der Waals surface area contributed by atoms with E-state index in [2.05, 4.69) is 4.98 Å². The first-order chi connectivity index (χ1) is 8.27. The molecular weight excluding hydrogens is 212 g/mol. The van der Waals surface area contributed by atoms with Crippen molar-refractivity contribution in [1.82, 2.24) is 4.98 Å². The Balaban J connectivity index is 2.03. The van der Waals surface area contributed by atoms with Crippen LogP contribution in [-0.4, -0.2) is 16.1 Å². The third-order valence-corrected chi connectivity index (χ3v) is 2.71. The van der Waals surface area contributed by atoms with E-state index in [0.717, 1.165) is 5.56 Å². The van der Waals surface area contributed by atoms with Crippen LogP contribution in [-0.2, 0) is 6.42 Å². The molecule has 3 heteroatoms. The number of rotatable bonds is 4. The molecule has 2 aromatic rings. The molecular formula is C14H16N2O. The zero-order valence-electron chi connectivity index (χ0n) is 9.53. The highest BCUT2D eigenvalue weighted by atomic mass is 16.3. The van der Waals surface area contributed by atoms with Crippen molar-refractivity contribution in [2.75, 3.05) is 0 Å². The molecule has 1 aromatic carbocycles. The minimum absolute atomic E-state index is 0.340. The Labute approximate surface area is 101 Å². The van der Waals surface area contributed by atoms with Gasteiger partial charge in [0.05, 0.1) is 5.69 Å². The minimum atomic E-state index is -0.726. The van der Waals surface area contributed by atoms with Crippen molar-refractivity contribution in [3.05, 3.63) is 66.0 Å². The van der Waals surface area contributed by atoms with Crippen molar-refractivity contribution in [2.24, 2.45) is 5.73 Å². The van der Waals surface area contributed by atoms with Gasteiger partial charge in [0.2, 0.25) is 0 Å². The summed E-state index contributed by atoms with van der Waals surface area (Å²) in [5, 5.41) is 10.1. The molecule has 2 unspecified atom stereocenters. The standard InChI is InChI=1S/C14H16N2O/c15-12(10-11-6-2-1-3-7-11)14(17)13-8-4-5-9-16-13/h1-9,12,14,17H,10,15H2. The van der Waals surface area contributed by atoms with Gasteiger partial charge in [0, 0.05) is 12.2 Å². The first-order valence-corrected chi connectivity index (χ1v) is 5.66. The van der Waals surface area contributed by atoms with Gasteiger partial charge in [0.1, 0.15) is 6.10 Å². The Morgan fingerprint density at radius 1 is 1.06 bits per heavy atom. The SMILES string of the molecule is NC(Cc1ccccc1)C(O)c1ccccn1.